The summed E-state index contributed by atoms with van der Waals surface area (Å²) in [5.74, 6) is -0.990. The van der Waals surface area contributed by atoms with Crippen LogP contribution < -0.4 is 5.73 Å². The fraction of sp³-hybridized carbons (Fsp3) is 0.158. The minimum atomic E-state index is -0.547. The van der Waals surface area contributed by atoms with Crippen LogP contribution in [0.2, 0.25) is 0 Å². The largest absolute Gasteiger partial charge is 0.465 e. The van der Waals surface area contributed by atoms with E-state index in [2.05, 4.69) is 4.98 Å². The number of fused-ring (bicyclic) bond motifs is 1. The van der Waals surface area contributed by atoms with E-state index in [1.165, 1.54) is 25.3 Å². The molecule has 2 N–H and O–H groups in total. The molecule has 1 heterocycles. The first-order valence-corrected chi connectivity index (χ1v) is 7.55. The first-order valence-electron chi connectivity index (χ1n) is 7.55. The van der Waals surface area contributed by atoms with Gasteiger partial charge in [-0.1, -0.05) is 30.3 Å². The maximum Gasteiger partial charge on any atom is 0.339 e. The fourth-order valence-electron chi connectivity index (χ4n) is 2.80. The first-order chi connectivity index (χ1) is 11.5. The molecule has 0 fully saturated rings. The summed E-state index contributed by atoms with van der Waals surface area (Å²) in [5.41, 5.74) is 8.81. The van der Waals surface area contributed by atoms with Gasteiger partial charge in [0.25, 0.3) is 0 Å². The molecule has 1 unspecified atom stereocenters. The molecule has 0 radical (unpaired) electrons. The second kappa shape index (κ2) is 6.37. The molecule has 5 heteroatoms. The molecule has 0 aliphatic rings. The van der Waals surface area contributed by atoms with Gasteiger partial charge in [0.2, 0.25) is 0 Å². The standard InChI is InChI=1S/C19H17FN2O2/c1-11(21)18-16(12-6-4-3-5-7-12)17(19(23)24-2)14-10-13(20)8-9-15(14)22-18/h3-11H,21H2,1-2H3. The van der Waals surface area contributed by atoms with Gasteiger partial charge in [-0.2, -0.15) is 0 Å². The Morgan fingerprint density at radius 3 is 2.54 bits per heavy atom. The zero-order valence-corrected chi connectivity index (χ0v) is 13.4. The third kappa shape index (κ3) is 2.74. The lowest BCUT2D eigenvalue weighted by Crippen LogP contribution is -2.14. The smallest absolute Gasteiger partial charge is 0.339 e. The summed E-state index contributed by atoms with van der Waals surface area (Å²) in [7, 11) is 1.30. The van der Waals surface area contributed by atoms with Crippen molar-refractivity contribution >= 4 is 16.9 Å². The average molecular weight is 324 g/mol. The summed E-state index contributed by atoms with van der Waals surface area (Å²) < 4.78 is 18.7. The number of hydrogen-bond donors (Lipinski definition) is 1. The van der Waals surface area contributed by atoms with Gasteiger partial charge in [0.15, 0.2) is 0 Å². The van der Waals surface area contributed by atoms with Gasteiger partial charge < -0.3 is 10.5 Å². The number of nitrogens with zero attached hydrogens (tertiary/aromatic N) is 1. The van der Waals surface area contributed by atoms with E-state index in [1.807, 2.05) is 30.3 Å². The van der Waals surface area contributed by atoms with Crippen molar-refractivity contribution in [2.75, 3.05) is 7.11 Å². The molecule has 24 heavy (non-hydrogen) atoms. The number of aromatic nitrogens is 1. The number of ether oxygens (including phenoxy) is 1. The Balaban J connectivity index is 2.50. The molecule has 0 spiro atoms. The van der Waals surface area contributed by atoms with Crippen LogP contribution in [-0.2, 0) is 4.74 Å². The molecule has 3 rings (SSSR count). The van der Waals surface area contributed by atoms with Gasteiger partial charge >= 0.3 is 5.97 Å². The molecule has 0 saturated heterocycles. The molecular formula is C19H17FN2O2. The Kier molecular flexibility index (Phi) is 4.27. The van der Waals surface area contributed by atoms with Crippen LogP contribution in [0.25, 0.3) is 22.0 Å². The van der Waals surface area contributed by atoms with Crippen molar-refractivity contribution in [1.82, 2.24) is 4.98 Å². The third-order valence-electron chi connectivity index (χ3n) is 3.86. The van der Waals surface area contributed by atoms with Crippen LogP contribution in [0.4, 0.5) is 4.39 Å². The third-order valence-corrected chi connectivity index (χ3v) is 3.86. The monoisotopic (exact) mass is 324 g/mol. The summed E-state index contributed by atoms with van der Waals surface area (Å²) in [6, 6.07) is 13.1. The van der Waals surface area contributed by atoms with Gasteiger partial charge in [-0.05, 0) is 30.7 Å². The molecule has 1 atom stereocenters. The van der Waals surface area contributed by atoms with Crippen LogP contribution in [0.5, 0.6) is 0 Å². The molecular weight excluding hydrogens is 307 g/mol. The van der Waals surface area contributed by atoms with Crippen LogP contribution in [0.15, 0.2) is 48.5 Å². The Labute approximate surface area is 139 Å². The van der Waals surface area contributed by atoms with Crippen LogP contribution in [0.3, 0.4) is 0 Å². The van der Waals surface area contributed by atoms with Crippen molar-refractivity contribution in [3.05, 3.63) is 65.6 Å². The van der Waals surface area contributed by atoms with Crippen molar-refractivity contribution in [3.8, 4) is 11.1 Å². The van der Waals surface area contributed by atoms with Gasteiger partial charge in [0, 0.05) is 17.0 Å². The van der Waals surface area contributed by atoms with E-state index >= 15 is 0 Å². The van der Waals surface area contributed by atoms with E-state index in [-0.39, 0.29) is 5.56 Å². The number of esters is 1. The topological polar surface area (TPSA) is 65.2 Å². The highest BCUT2D eigenvalue weighted by Gasteiger charge is 2.24. The number of carbonyl (C=O) groups is 1. The Hall–Kier alpha value is -2.79. The lowest BCUT2D eigenvalue weighted by Gasteiger charge is -2.18. The maximum atomic E-state index is 13.8. The number of nitrogens with two attached hydrogens (primary N) is 1. The van der Waals surface area contributed by atoms with Crippen molar-refractivity contribution in [2.45, 2.75) is 13.0 Å². The molecule has 0 aliphatic heterocycles. The second-order valence-electron chi connectivity index (χ2n) is 5.55. The lowest BCUT2D eigenvalue weighted by molar-refractivity contribution is 0.0603. The summed E-state index contributed by atoms with van der Waals surface area (Å²) >= 11 is 0. The Morgan fingerprint density at radius 2 is 1.92 bits per heavy atom. The Bertz CT molecular complexity index is 908. The van der Waals surface area contributed by atoms with Gasteiger partial charge in [0.1, 0.15) is 5.82 Å². The summed E-state index contributed by atoms with van der Waals surface area (Å²) in [4.78, 5) is 17.1. The molecule has 0 saturated carbocycles. The van der Waals surface area contributed by atoms with E-state index in [9.17, 15) is 9.18 Å². The van der Waals surface area contributed by atoms with Crippen molar-refractivity contribution in [3.63, 3.8) is 0 Å². The second-order valence-corrected chi connectivity index (χ2v) is 5.55. The number of hydrogen-bond acceptors (Lipinski definition) is 4. The molecule has 4 nitrogen and oxygen atoms in total. The zero-order chi connectivity index (χ0) is 17.3. The number of carbonyl (C=O) groups excluding carboxylic acids is 1. The van der Waals surface area contributed by atoms with Gasteiger partial charge in [-0.25, -0.2) is 9.18 Å². The highest BCUT2D eigenvalue weighted by Crippen LogP contribution is 2.35. The minimum Gasteiger partial charge on any atom is -0.465 e. The Morgan fingerprint density at radius 1 is 1.21 bits per heavy atom. The minimum absolute atomic E-state index is 0.278. The molecule has 1 aromatic heterocycles. The number of pyridine rings is 1. The van der Waals surface area contributed by atoms with Crippen LogP contribution in [0.1, 0.15) is 29.0 Å². The number of halogens is 1. The van der Waals surface area contributed by atoms with E-state index in [4.69, 9.17) is 10.5 Å². The normalized spacial score (nSPS) is 12.2. The molecule has 0 amide bonds. The van der Waals surface area contributed by atoms with E-state index in [0.717, 1.165) is 5.56 Å². The van der Waals surface area contributed by atoms with Crippen molar-refractivity contribution in [2.24, 2.45) is 5.73 Å². The molecule has 0 bridgehead atoms. The predicted molar refractivity (Wildman–Crippen MR) is 91.1 cm³/mol. The zero-order valence-electron chi connectivity index (χ0n) is 13.4. The maximum absolute atomic E-state index is 13.8. The van der Waals surface area contributed by atoms with E-state index in [0.29, 0.717) is 22.2 Å². The molecule has 2 aromatic carbocycles. The van der Waals surface area contributed by atoms with Gasteiger partial charge in [-0.15, -0.1) is 0 Å². The van der Waals surface area contributed by atoms with Gasteiger partial charge in [-0.3, -0.25) is 4.98 Å². The van der Waals surface area contributed by atoms with Gasteiger partial charge in [0.05, 0.1) is 23.9 Å². The van der Waals surface area contributed by atoms with Crippen LogP contribution >= 0.6 is 0 Å². The van der Waals surface area contributed by atoms with E-state index < -0.39 is 17.8 Å². The average Bonchev–Trinajstić information content (AvgIpc) is 2.60. The lowest BCUT2D eigenvalue weighted by atomic mass is 9.92. The number of rotatable bonds is 3. The van der Waals surface area contributed by atoms with E-state index in [1.54, 1.807) is 6.92 Å². The number of benzene rings is 2. The fourth-order valence-corrected chi connectivity index (χ4v) is 2.80. The molecule has 122 valence electrons. The highest BCUT2D eigenvalue weighted by atomic mass is 19.1. The van der Waals surface area contributed by atoms with Crippen molar-refractivity contribution in [1.29, 1.82) is 0 Å². The number of methoxy groups -OCH3 is 1. The summed E-state index contributed by atoms with van der Waals surface area (Å²) in [5, 5.41) is 0.408. The molecule has 3 aromatic rings. The van der Waals surface area contributed by atoms with Crippen LogP contribution in [-0.4, -0.2) is 18.1 Å². The molecule has 0 aliphatic carbocycles. The highest BCUT2D eigenvalue weighted by molar-refractivity contribution is 6.09. The SMILES string of the molecule is COC(=O)c1c(-c2ccccc2)c(C(C)N)nc2ccc(F)cc12. The van der Waals surface area contributed by atoms with Crippen LogP contribution in [0, 0.1) is 5.82 Å². The summed E-state index contributed by atoms with van der Waals surface area (Å²) in [6.07, 6.45) is 0. The first kappa shape index (κ1) is 16.1. The predicted octanol–water partition coefficient (Wildman–Crippen LogP) is 3.85. The quantitative estimate of drug-likeness (QED) is 0.743. The summed E-state index contributed by atoms with van der Waals surface area (Å²) in [6.45, 7) is 1.80. The van der Waals surface area contributed by atoms with Crippen molar-refractivity contribution < 1.29 is 13.9 Å².